The topological polar surface area (TPSA) is 26.0 Å². The number of halogens is 2. The average Bonchev–Trinajstić information content (AvgIpc) is 2.43. The van der Waals surface area contributed by atoms with Gasteiger partial charge in [0, 0.05) is 18.0 Å². The Kier molecular flexibility index (Phi) is 4.23. The van der Waals surface area contributed by atoms with Crippen molar-refractivity contribution < 1.29 is 4.39 Å². The van der Waals surface area contributed by atoms with Crippen molar-refractivity contribution in [1.82, 2.24) is 0 Å². The Morgan fingerprint density at radius 1 is 1.16 bits per heavy atom. The molecule has 0 aliphatic rings. The van der Waals surface area contributed by atoms with E-state index < -0.39 is 5.67 Å². The van der Waals surface area contributed by atoms with Crippen molar-refractivity contribution in [2.24, 2.45) is 5.73 Å². The van der Waals surface area contributed by atoms with Crippen LogP contribution < -0.4 is 5.73 Å². The molecule has 0 bridgehead atoms. The molecule has 3 heteroatoms. The van der Waals surface area contributed by atoms with Gasteiger partial charge >= 0.3 is 0 Å². The molecule has 0 amide bonds. The Morgan fingerprint density at radius 3 is 2.42 bits per heavy atom. The lowest BCUT2D eigenvalue weighted by molar-refractivity contribution is 0.175. The summed E-state index contributed by atoms with van der Waals surface area (Å²) in [6.45, 7) is 1.89. The van der Waals surface area contributed by atoms with Crippen molar-refractivity contribution in [2.45, 2.75) is 19.0 Å². The second kappa shape index (κ2) is 5.72. The number of hydrogen-bond acceptors (Lipinski definition) is 1. The molecule has 0 aliphatic heterocycles. The molecule has 0 radical (unpaired) electrons. The minimum Gasteiger partial charge on any atom is -0.327 e. The lowest BCUT2D eigenvalue weighted by atomic mass is 9.89. The third-order valence-electron chi connectivity index (χ3n) is 3.29. The van der Waals surface area contributed by atoms with E-state index >= 15 is 4.39 Å². The molecule has 2 aromatic rings. The molecular formula is C16H17ClFN. The van der Waals surface area contributed by atoms with Gasteiger partial charge in [0.25, 0.3) is 0 Å². The number of aryl methyl sites for hydroxylation is 1. The molecule has 0 aliphatic carbocycles. The SMILES string of the molecule is Cc1ccc(CC(F)(CN)c2ccccc2)c(Cl)c1. The first-order valence-corrected chi connectivity index (χ1v) is 6.62. The monoisotopic (exact) mass is 277 g/mol. The first-order valence-electron chi connectivity index (χ1n) is 6.25. The van der Waals surface area contributed by atoms with E-state index in [1.54, 1.807) is 12.1 Å². The quantitative estimate of drug-likeness (QED) is 0.898. The van der Waals surface area contributed by atoms with Gasteiger partial charge in [0.1, 0.15) is 0 Å². The number of benzene rings is 2. The van der Waals surface area contributed by atoms with Crippen LogP contribution in [0.5, 0.6) is 0 Å². The second-order valence-electron chi connectivity index (χ2n) is 4.81. The van der Waals surface area contributed by atoms with Gasteiger partial charge in [-0.1, -0.05) is 54.1 Å². The van der Waals surface area contributed by atoms with Gasteiger partial charge in [-0.3, -0.25) is 0 Å². The van der Waals surface area contributed by atoms with Gasteiger partial charge < -0.3 is 5.73 Å². The summed E-state index contributed by atoms with van der Waals surface area (Å²) in [4.78, 5) is 0. The van der Waals surface area contributed by atoms with E-state index in [0.29, 0.717) is 10.6 Å². The van der Waals surface area contributed by atoms with Crippen molar-refractivity contribution >= 4 is 11.6 Å². The molecule has 2 N–H and O–H groups in total. The summed E-state index contributed by atoms with van der Waals surface area (Å²) in [5.41, 5.74) is 6.50. The summed E-state index contributed by atoms with van der Waals surface area (Å²) in [6.07, 6.45) is 0.187. The summed E-state index contributed by atoms with van der Waals surface area (Å²) in [5.74, 6) is 0. The third kappa shape index (κ3) is 3.14. The molecule has 0 spiro atoms. The summed E-state index contributed by atoms with van der Waals surface area (Å²) in [7, 11) is 0. The Hall–Kier alpha value is -1.38. The lowest BCUT2D eigenvalue weighted by Crippen LogP contribution is -2.32. The molecule has 0 heterocycles. The highest BCUT2D eigenvalue weighted by atomic mass is 35.5. The van der Waals surface area contributed by atoms with Crippen molar-refractivity contribution in [3.63, 3.8) is 0 Å². The predicted octanol–water partition coefficient (Wildman–Crippen LogP) is 4.01. The minimum absolute atomic E-state index is 0.0682. The van der Waals surface area contributed by atoms with E-state index in [4.69, 9.17) is 17.3 Å². The predicted molar refractivity (Wildman–Crippen MR) is 78.2 cm³/mol. The van der Waals surface area contributed by atoms with E-state index in [1.807, 2.05) is 43.3 Å². The van der Waals surface area contributed by atoms with Crippen LogP contribution in [0.25, 0.3) is 0 Å². The van der Waals surface area contributed by atoms with Gasteiger partial charge in [0.15, 0.2) is 5.67 Å². The molecular weight excluding hydrogens is 261 g/mol. The number of hydrogen-bond donors (Lipinski definition) is 1. The average molecular weight is 278 g/mol. The normalized spacial score (nSPS) is 14.1. The molecule has 1 atom stereocenters. The zero-order valence-electron chi connectivity index (χ0n) is 10.9. The van der Waals surface area contributed by atoms with Crippen molar-refractivity contribution in [2.75, 3.05) is 6.54 Å². The van der Waals surface area contributed by atoms with Crippen molar-refractivity contribution in [1.29, 1.82) is 0 Å². The molecule has 100 valence electrons. The van der Waals surface area contributed by atoms with Crippen molar-refractivity contribution in [3.8, 4) is 0 Å². The fourth-order valence-electron chi connectivity index (χ4n) is 2.13. The van der Waals surface area contributed by atoms with Gasteiger partial charge in [-0.05, 0) is 29.7 Å². The zero-order chi connectivity index (χ0) is 13.9. The smallest absolute Gasteiger partial charge is 0.152 e. The van der Waals surface area contributed by atoms with Crippen LogP contribution in [0.2, 0.25) is 5.02 Å². The molecule has 0 fully saturated rings. The van der Waals surface area contributed by atoms with Crippen LogP contribution >= 0.6 is 11.6 Å². The lowest BCUT2D eigenvalue weighted by Gasteiger charge is -2.25. The van der Waals surface area contributed by atoms with Gasteiger partial charge in [-0.15, -0.1) is 0 Å². The molecule has 0 saturated carbocycles. The van der Waals surface area contributed by atoms with Gasteiger partial charge in [0.05, 0.1) is 0 Å². The van der Waals surface area contributed by atoms with E-state index in [2.05, 4.69) is 0 Å². The fraction of sp³-hybridized carbons (Fsp3) is 0.250. The summed E-state index contributed by atoms with van der Waals surface area (Å²) < 4.78 is 15.0. The number of alkyl halides is 1. The highest BCUT2D eigenvalue weighted by Crippen LogP contribution is 2.32. The Balaban J connectivity index is 2.33. The van der Waals surface area contributed by atoms with Gasteiger partial charge in [0.2, 0.25) is 0 Å². The maximum Gasteiger partial charge on any atom is 0.152 e. The summed E-state index contributed by atoms with van der Waals surface area (Å²) >= 11 is 6.17. The van der Waals surface area contributed by atoms with Crippen LogP contribution in [-0.2, 0) is 12.1 Å². The van der Waals surface area contributed by atoms with Crippen molar-refractivity contribution in [3.05, 3.63) is 70.2 Å². The second-order valence-corrected chi connectivity index (χ2v) is 5.21. The maximum absolute atomic E-state index is 15.0. The van der Waals surface area contributed by atoms with Crippen LogP contribution in [0.1, 0.15) is 16.7 Å². The molecule has 19 heavy (non-hydrogen) atoms. The summed E-state index contributed by atoms with van der Waals surface area (Å²) in [5, 5.41) is 0.589. The van der Waals surface area contributed by atoms with E-state index in [-0.39, 0.29) is 13.0 Å². The molecule has 0 aromatic heterocycles. The minimum atomic E-state index is -1.58. The van der Waals surface area contributed by atoms with Crippen LogP contribution in [0.3, 0.4) is 0 Å². The van der Waals surface area contributed by atoms with E-state index in [9.17, 15) is 0 Å². The molecule has 2 aromatic carbocycles. The van der Waals surface area contributed by atoms with Crippen LogP contribution in [0.15, 0.2) is 48.5 Å². The first-order chi connectivity index (χ1) is 9.05. The highest BCUT2D eigenvalue weighted by molar-refractivity contribution is 6.31. The summed E-state index contributed by atoms with van der Waals surface area (Å²) in [6, 6.07) is 14.7. The fourth-order valence-corrected chi connectivity index (χ4v) is 2.43. The van der Waals surface area contributed by atoms with Crippen LogP contribution in [-0.4, -0.2) is 6.54 Å². The molecule has 2 rings (SSSR count). The molecule has 0 saturated heterocycles. The Bertz CT molecular complexity index is 556. The van der Waals surface area contributed by atoms with Crippen LogP contribution in [0.4, 0.5) is 4.39 Å². The van der Waals surface area contributed by atoms with E-state index in [0.717, 1.165) is 11.1 Å². The van der Waals surface area contributed by atoms with Gasteiger partial charge in [-0.2, -0.15) is 0 Å². The largest absolute Gasteiger partial charge is 0.327 e. The van der Waals surface area contributed by atoms with Gasteiger partial charge in [-0.25, -0.2) is 4.39 Å². The number of rotatable bonds is 4. The maximum atomic E-state index is 15.0. The van der Waals surface area contributed by atoms with E-state index in [1.165, 1.54) is 0 Å². The molecule has 1 nitrogen and oxygen atoms in total. The Morgan fingerprint density at radius 2 is 1.84 bits per heavy atom. The van der Waals surface area contributed by atoms with Crippen LogP contribution in [0, 0.1) is 6.92 Å². The standard InChI is InChI=1S/C16H17ClFN/c1-12-7-8-13(15(17)9-12)10-16(18,11-19)14-5-3-2-4-6-14/h2-9H,10-11,19H2,1H3. The Labute approximate surface area is 118 Å². The third-order valence-corrected chi connectivity index (χ3v) is 3.65. The zero-order valence-corrected chi connectivity index (χ0v) is 11.6. The molecule has 1 unspecified atom stereocenters. The number of nitrogens with two attached hydrogens (primary N) is 1. The highest BCUT2D eigenvalue weighted by Gasteiger charge is 2.31. The first kappa shape index (κ1) is 14.0.